The number of hydrogen-bond acceptors (Lipinski definition) is 6. The molecule has 2 aliphatic rings. The Bertz CT molecular complexity index is 1660. The van der Waals surface area contributed by atoms with Gasteiger partial charge in [-0.15, -0.1) is 0 Å². The smallest absolute Gasteiger partial charge is 0.123 e. The standard InChI is InChI=1S/2C20H21FN2O/c2*1-23(2)11-3-10-20(17-5-7-18(21)8-6-17)19-9-4-15(13-22)12-16(19)14-24-20/h2*4-9,12H,3,10-11,14H2,1-2H3. The Labute approximate surface area is 282 Å². The van der Waals surface area contributed by atoms with Crippen molar-refractivity contribution in [1.82, 2.24) is 9.80 Å². The quantitative estimate of drug-likeness (QED) is 0.176. The van der Waals surface area contributed by atoms with E-state index >= 15 is 0 Å². The molecule has 0 fully saturated rings. The Kier molecular flexibility index (Phi) is 11.0. The van der Waals surface area contributed by atoms with Crippen molar-refractivity contribution < 1.29 is 18.3 Å². The lowest BCUT2D eigenvalue weighted by Gasteiger charge is -2.31. The van der Waals surface area contributed by atoms with E-state index in [0.717, 1.165) is 72.2 Å². The van der Waals surface area contributed by atoms with Crippen molar-refractivity contribution in [3.8, 4) is 12.1 Å². The molecular weight excluding hydrogens is 606 g/mol. The molecule has 48 heavy (non-hydrogen) atoms. The molecule has 4 aromatic carbocycles. The highest BCUT2D eigenvalue weighted by Crippen LogP contribution is 2.47. The molecule has 6 rings (SSSR count). The van der Waals surface area contributed by atoms with Gasteiger partial charge in [0.15, 0.2) is 0 Å². The van der Waals surface area contributed by atoms with Crippen molar-refractivity contribution in [3.05, 3.63) is 141 Å². The van der Waals surface area contributed by atoms with Crippen LogP contribution in [-0.2, 0) is 33.9 Å². The number of ether oxygens (including phenoxy) is 2. The highest BCUT2D eigenvalue weighted by molar-refractivity contribution is 5.49. The van der Waals surface area contributed by atoms with Crippen LogP contribution in [0.2, 0.25) is 0 Å². The Balaban J connectivity index is 0.000000188. The maximum Gasteiger partial charge on any atom is 0.123 e. The maximum atomic E-state index is 13.4. The molecule has 0 aliphatic carbocycles. The molecule has 248 valence electrons. The zero-order valence-corrected chi connectivity index (χ0v) is 28.1. The average Bonchev–Trinajstić information content (AvgIpc) is 3.64. The Hall–Kier alpha value is -4.44. The van der Waals surface area contributed by atoms with Gasteiger partial charge in [0.25, 0.3) is 0 Å². The van der Waals surface area contributed by atoms with Crippen LogP contribution in [-0.4, -0.2) is 51.1 Å². The molecular formula is C40H42F2N4O2. The van der Waals surface area contributed by atoms with Gasteiger partial charge in [-0.2, -0.15) is 10.5 Å². The lowest BCUT2D eigenvalue weighted by molar-refractivity contribution is -0.0141. The monoisotopic (exact) mass is 648 g/mol. The molecule has 6 nitrogen and oxygen atoms in total. The highest BCUT2D eigenvalue weighted by atomic mass is 19.1. The molecule has 2 aliphatic heterocycles. The van der Waals surface area contributed by atoms with Gasteiger partial charge in [-0.25, -0.2) is 8.78 Å². The SMILES string of the molecule is CN(C)CCCC1(c2ccc(F)cc2)OCc2cc(C#N)ccc21.CN(C)CCCC1(c2ccc(F)cc2)OCc2cc(C#N)ccc21. The number of rotatable bonds is 10. The molecule has 0 bridgehead atoms. The molecule has 0 amide bonds. The number of hydrogen-bond donors (Lipinski definition) is 0. The number of fused-ring (bicyclic) bond motifs is 2. The Morgan fingerprint density at radius 1 is 0.604 bits per heavy atom. The van der Waals surface area contributed by atoms with Crippen molar-refractivity contribution in [2.45, 2.75) is 50.1 Å². The first-order valence-corrected chi connectivity index (χ1v) is 16.3. The molecule has 8 heteroatoms. The largest absolute Gasteiger partial charge is 0.361 e. The fourth-order valence-corrected chi connectivity index (χ4v) is 6.82. The minimum absolute atomic E-state index is 0.250. The van der Waals surface area contributed by atoms with E-state index in [1.807, 2.05) is 64.6 Å². The van der Waals surface area contributed by atoms with Crippen molar-refractivity contribution in [2.24, 2.45) is 0 Å². The molecule has 4 aromatic rings. The van der Waals surface area contributed by atoms with E-state index in [-0.39, 0.29) is 11.6 Å². The van der Waals surface area contributed by atoms with Gasteiger partial charge in [0.05, 0.1) is 36.5 Å². The maximum absolute atomic E-state index is 13.4. The van der Waals surface area contributed by atoms with E-state index in [1.54, 1.807) is 24.3 Å². The summed E-state index contributed by atoms with van der Waals surface area (Å²) in [5.41, 5.74) is 6.35. The number of nitrogens with zero attached hydrogens (tertiary/aromatic N) is 4. The first-order chi connectivity index (χ1) is 23.1. The summed E-state index contributed by atoms with van der Waals surface area (Å²) in [4.78, 5) is 4.29. The van der Waals surface area contributed by atoms with Crippen LogP contribution in [0.15, 0.2) is 84.9 Å². The zero-order valence-electron chi connectivity index (χ0n) is 28.1. The minimum Gasteiger partial charge on any atom is -0.361 e. The summed E-state index contributed by atoms with van der Waals surface area (Å²) in [6.45, 7) is 2.87. The fraction of sp³-hybridized carbons (Fsp3) is 0.350. The second-order valence-corrected chi connectivity index (χ2v) is 13.0. The lowest BCUT2D eigenvalue weighted by Crippen LogP contribution is -2.28. The minimum atomic E-state index is -0.562. The third-order valence-corrected chi connectivity index (χ3v) is 9.18. The van der Waals surface area contributed by atoms with Crippen molar-refractivity contribution in [3.63, 3.8) is 0 Å². The normalized spacial score (nSPS) is 19.3. The molecule has 0 saturated heterocycles. The highest BCUT2D eigenvalue weighted by Gasteiger charge is 2.42. The van der Waals surface area contributed by atoms with Crippen LogP contribution in [0, 0.1) is 34.3 Å². The van der Waals surface area contributed by atoms with Gasteiger partial charge in [-0.05, 0) is 149 Å². The summed E-state index contributed by atoms with van der Waals surface area (Å²) in [6, 6.07) is 28.9. The first-order valence-electron chi connectivity index (χ1n) is 16.3. The number of nitriles is 2. The number of benzene rings is 4. The number of halogens is 2. The molecule has 0 aromatic heterocycles. The Morgan fingerprint density at radius 3 is 1.31 bits per heavy atom. The van der Waals surface area contributed by atoms with Gasteiger partial charge in [-0.1, -0.05) is 36.4 Å². The topological polar surface area (TPSA) is 72.5 Å². The van der Waals surface area contributed by atoms with Crippen molar-refractivity contribution in [2.75, 3.05) is 41.3 Å². The van der Waals surface area contributed by atoms with E-state index in [1.165, 1.54) is 24.3 Å². The summed E-state index contributed by atoms with van der Waals surface area (Å²) < 4.78 is 39.3. The molecule has 2 atom stereocenters. The van der Waals surface area contributed by atoms with Crippen molar-refractivity contribution in [1.29, 1.82) is 10.5 Å². The van der Waals surface area contributed by atoms with E-state index in [0.29, 0.717) is 24.3 Å². The van der Waals surface area contributed by atoms with E-state index in [4.69, 9.17) is 20.0 Å². The summed E-state index contributed by atoms with van der Waals surface area (Å²) in [5.74, 6) is -0.500. The van der Waals surface area contributed by atoms with Crippen LogP contribution in [0.3, 0.4) is 0 Å². The van der Waals surface area contributed by atoms with Crippen molar-refractivity contribution >= 4 is 0 Å². The van der Waals surface area contributed by atoms with Crippen LogP contribution in [0.4, 0.5) is 8.78 Å². The van der Waals surface area contributed by atoms with Crippen LogP contribution < -0.4 is 0 Å². The summed E-state index contributed by atoms with van der Waals surface area (Å²) in [7, 11) is 8.20. The van der Waals surface area contributed by atoms with Gasteiger partial charge in [0, 0.05) is 0 Å². The summed E-state index contributed by atoms with van der Waals surface area (Å²) in [5, 5.41) is 18.2. The lowest BCUT2D eigenvalue weighted by atomic mass is 9.81. The first kappa shape index (κ1) is 34.9. The van der Waals surface area contributed by atoms with E-state index in [9.17, 15) is 8.78 Å². The molecule has 2 unspecified atom stereocenters. The third kappa shape index (κ3) is 7.49. The summed E-state index contributed by atoms with van der Waals surface area (Å²) in [6.07, 6.45) is 3.55. The third-order valence-electron chi connectivity index (χ3n) is 9.18. The van der Waals surface area contributed by atoms with Gasteiger partial charge >= 0.3 is 0 Å². The second kappa shape index (κ2) is 15.2. The van der Waals surface area contributed by atoms with Crippen LogP contribution in [0.1, 0.15) is 70.2 Å². The van der Waals surface area contributed by atoms with Crippen LogP contribution >= 0.6 is 0 Å². The predicted molar refractivity (Wildman–Crippen MR) is 182 cm³/mol. The van der Waals surface area contributed by atoms with Gasteiger partial charge in [0.2, 0.25) is 0 Å². The van der Waals surface area contributed by atoms with Gasteiger partial charge in [-0.3, -0.25) is 0 Å². The van der Waals surface area contributed by atoms with Gasteiger partial charge in [0.1, 0.15) is 22.8 Å². The van der Waals surface area contributed by atoms with Gasteiger partial charge < -0.3 is 19.3 Å². The van der Waals surface area contributed by atoms with Crippen LogP contribution in [0.25, 0.3) is 0 Å². The molecule has 0 radical (unpaired) electrons. The van der Waals surface area contributed by atoms with Crippen LogP contribution in [0.5, 0.6) is 0 Å². The average molecular weight is 649 g/mol. The molecule has 0 spiro atoms. The van der Waals surface area contributed by atoms with E-state index in [2.05, 4.69) is 21.9 Å². The molecule has 0 N–H and O–H groups in total. The van der Waals surface area contributed by atoms with E-state index < -0.39 is 11.2 Å². The molecule has 2 heterocycles. The zero-order chi connectivity index (χ0) is 34.3. The second-order valence-electron chi connectivity index (χ2n) is 13.0. The predicted octanol–water partition coefficient (Wildman–Crippen LogP) is 7.63. The molecule has 0 saturated carbocycles. The Morgan fingerprint density at radius 2 is 0.979 bits per heavy atom. The fourth-order valence-electron chi connectivity index (χ4n) is 6.82. The summed E-state index contributed by atoms with van der Waals surface area (Å²) >= 11 is 0.